The molecule has 5 nitrogen and oxygen atoms in total. The fraction of sp³-hybridized carbons (Fsp3) is 0.130. The number of rotatable bonds is 7. The van der Waals surface area contributed by atoms with E-state index >= 15 is 0 Å². The monoisotopic (exact) mass is 661 g/mol. The molecule has 0 fully saturated rings. The highest BCUT2D eigenvalue weighted by Crippen LogP contribution is 2.50. The number of nitrogens with zero attached hydrogens (tertiary/aromatic N) is 3. The first kappa shape index (κ1) is 29.5. The molecule has 0 saturated heterocycles. The van der Waals surface area contributed by atoms with Crippen molar-refractivity contribution in [1.29, 1.82) is 0 Å². The smallest absolute Gasteiger partial charge is 0.128 e. The highest BCUT2D eigenvalue weighted by Gasteiger charge is 2.39. The number of anilines is 2. The third-order valence-electron chi connectivity index (χ3n) is 10.8. The molecule has 0 radical (unpaired) electrons. The van der Waals surface area contributed by atoms with E-state index < -0.39 is 0 Å². The molecule has 5 heteroatoms. The summed E-state index contributed by atoms with van der Waals surface area (Å²) < 4.78 is 16.3. The third-order valence-corrected chi connectivity index (χ3v) is 10.8. The fourth-order valence-corrected chi connectivity index (χ4v) is 8.73. The number of hydrogen-bond donors (Lipinski definition) is 0. The Morgan fingerprint density at radius 2 is 1.55 bits per heavy atom. The van der Waals surface area contributed by atoms with Gasteiger partial charge in [-0.1, -0.05) is 61.7 Å². The average molecular weight is 662 g/mol. The normalized spacial score (nSPS) is 17.3. The molecule has 51 heavy (non-hydrogen) atoms. The fourth-order valence-electron chi connectivity index (χ4n) is 8.73. The Morgan fingerprint density at radius 3 is 2.41 bits per heavy atom. The van der Waals surface area contributed by atoms with Crippen molar-refractivity contribution < 1.29 is 9.47 Å². The highest BCUT2D eigenvalue weighted by molar-refractivity contribution is 6.10. The lowest BCUT2D eigenvalue weighted by Crippen LogP contribution is -2.29. The van der Waals surface area contributed by atoms with Crippen LogP contribution in [0.3, 0.4) is 0 Å². The molecule has 2 atom stereocenters. The summed E-state index contributed by atoms with van der Waals surface area (Å²) in [5.74, 6) is 1.96. The van der Waals surface area contributed by atoms with Crippen LogP contribution in [0.15, 0.2) is 135 Å². The van der Waals surface area contributed by atoms with Crippen molar-refractivity contribution in [3.63, 3.8) is 0 Å². The van der Waals surface area contributed by atoms with Crippen LogP contribution < -0.4 is 14.4 Å². The van der Waals surface area contributed by atoms with E-state index in [-0.39, 0.29) is 6.04 Å². The van der Waals surface area contributed by atoms with Gasteiger partial charge in [-0.3, -0.25) is 0 Å². The molecule has 10 rings (SSSR count). The Bertz CT molecular complexity index is 2600. The Balaban J connectivity index is 1.22. The van der Waals surface area contributed by atoms with Crippen molar-refractivity contribution in [2.24, 2.45) is 0 Å². The third kappa shape index (κ3) is 4.50. The van der Waals surface area contributed by atoms with Gasteiger partial charge < -0.3 is 23.5 Å². The summed E-state index contributed by atoms with van der Waals surface area (Å²) in [4.78, 5) is 2.43. The molecule has 0 N–H and O–H groups in total. The molecule has 1 aliphatic heterocycles. The van der Waals surface area contributed by atoms with Gasteiger partial charge in [-0.25, -0.2) is 0 Å². The molecular weight excluding hydrogens is 627 g/mol. The minimum atomic E-state index is 0.200. The first-order valence-electron chi connectivity index (χ1n) is 17.7. The summed E-state index contributed by atoms with van der Waals surface area (Å²) in [6, 6.07) is 40.0. The number of aromatic nitrogens is 2. The van der Waals surface area contributed by atoms with Crippen molar-refractivity contribution in [3.8, 4) is 22.9 Å². The van der Waals surface area contributed by atoms with Crippen LogP contribution in [-0.2, 0) is 6.42 Å². The molecule has 0 bridgehead atoms. The largest absolute Gasteiger partial charge is 0.466 e. The maximum absolute atomic E-state index is 5.77. The van der Waals surface area contributed by atoms with Crippen LogP contribution in [0.1, 0.15) is 42.0 Å². The van der Waals surface area contributed by atoms with Gasteiger partial charge in [0.05, 0.1) is 35.3 Å². The second kappa shape index (κ2) is 11.6. The molecule has 246 valence electrons. The van der Waals surface area contributed by atoms with Crippen molar-refractivity contribution in [1.82, 2.24) is 9.13 Å². The zero-order valence-electron chi connectivity index (χ0n) is 28.2. The maximum atomic E-state index is 5.77. The summed E-state index contributed by atoms with van der Waals surface area (Å²) in [7, 11) is 0. The quantitative estimate of drug-likeness (QED) is 0.126. The number of fused-ring (bicyclic) bond motifs is 9. The lowest BCUT2D eigenvalue weighted by Gasteiger charge is -2.29. The predicted molar refractivity (Wildman–Crippen MR) is 208 cm³/mol. The summed E-state index contributed by atoms with van der Waals surface area (Å²) in [6.07, 6.45) is 16.4. The first-order valence-corrected chi connectivity index (χ1v) is 17.7. The molecule has 2 aliphatic carbocycles. The van der Waals surface area contributed by atoms with Gasteiger partial charge in [0, 0.05) is 62.5 Å². The van der Waals surface area contributed by atoms with Crippen LogP contribution in [0.2, 0.25) is 0 Å². The van der Waals surface area contributed by atoms with Gasteiger partial charge in [0.15, 0.2) is 0 Å². The predicted octanol–water partition coefficient (Wildman–Crippen LogP) is 11.3. The number of benzene rings is 4. The zero-order chi connectivity index (χ0) is 34.1. The standard InChI is InChI=1S/C46H35N3O2/c1-3-50-33-20-22-37-35-14-8-10-16-41(35)48(45(37)28-33)31-18-24-43-39(26-31)40-27-32(19-25-44(40)47(43)30-12-6-5-7-13-30)49-42-17-11-9-15-36(42)38-23-21-34(51-4-2)29-46(38)49/h3-8,11-14,17-18,20-24,26-29,36,42H,1-2,9-10,15-16H2. The Labute approximate surface area is 297 Å². The number of ether oxygens (including phenoxy) is 2. The van der Waals surface area contributed by atoms with Crippen LogP contribution in [0.4, 0.5) is 11.4 Å². The van der Waals surface area contributed by atoms with Gasteiger partial charge in [0.2, 0.25) is 0 Å². The molecule has 3 heterocycles. The van der Waals surface area contributed by atoms with Gasteiger partial charge in [-0.15, -0.1) is 0 Å². The van der Waals surface area contributed by atoms with Gasteiger partial charge in [-0.05, 0) is 98.0 Å². The summed E-state index contributed by atoms with van der Waals surface area (Å²) in [5.41, 5.74) is 11.6. The van der Waals surface area contributed by atoms with Crippen molar-refractivity contribution in [2.75, 3.05) is 4.90 Å². The van der Waals surface area contributed by atoms with Crippen LogP contribution in [0, 0.1) is 12.1 Å². The molecular formula is C46H35N3O2. The lowest BCUT2D eigenvalue weighted by atomic mass is 9.86. The van der Waals surface area contributed by atoms with E-state index in [1.165, 1.54) is 34.7 Å². The van der Waals surface area contributed by atoms with E-state index in [0.717, 1.165) is 87.3 Å². The van der Waals surface area contributed by atoms with E-state index in [4.69, 9.17) is 9.47 Å². The number of hydrogen-bond acceptors (Lipinski definition) is 3. The van der Waals surface area contributed by atoms with Gasteiger partial charge in [-0.2, -0.15) is 0 Å². The summed E-state index contributed by atoms with van der Waals surface area (Å²) in [5, 5.41) is 3.52. The van der Waals surface area contributed by atoms with E-state index in [0.29, 0.717) is 5.92 Å². The molecule has 5 aromatic carbocycles. The zero-order valence-corrected chi connectivity index (χ0v) is 28.2. The Hall–Kier alpha value is -6.38. The molecule has 7 aromatic rings. The second-order valence-electron chi connectivity index (χ2n) is 13.5. The lowest BCUT2D eigenvalue weighted by molar-refractivity contribution is 0.483. The first-order chi connectivity index (χ1) is 25.2. The molecule has 0 spiro atoms. The molecule has 0 amide bonds. The van der Waals surface area contributed by atoms with Crippen molar-refractivity contribution >= 4 is 50.2 Å². The molecule has 2 unspecified atom stereocenters. The minimum absolute atomic E-state index is 0.200. The van der Waals surface area contributed by atoms with Gasteiger partial charge in [0.1, 0.15) is 17.0 Å². The van der Waals surface area contributed by atoms with Crippen LogP contribution in [0.5, 0.6) is 11.5 Å². The van der Waals surface area contributed by atoms with E-state index in [1.807, 2.05) is 6.07 Å². The van der Waals surface area contributed by atoms with E-state index in [1.54, 1.807) is 0 Å². The van der Waals surface area contributed by atoms with Crippen LogP contribution in [0.25, 0.3) is 50.2 Å². The van der Waals surface area contributed by atoms with Crippen molar-refractivity contribution in [3.05, 3.63) is 164 Å². The summed E-state index contributed by atoms with van der Waals surface area (Å²) >= 11 is 0. The maximum Gasteiger partial charge on any atom is 0.128 e. The minimum Gasteiger partial charge on any atom is -0.466 e. The highest BCUT2D eigenvalue weighted by atomic mass is 16.5. The van der Waals surface area contributed by atoms with Crippen LogP contribution in [-0.4, -0.2) is 15.2 Å². The van der Waals surface area contributed by atoms with E-state index in [9.17, 15) is 0 Å². The summed E-state index contributed by atoms with van der Waals surface area (Å²) in [6.45, 7) is 7.58. The average Bonchev–Trinajstić information content (AvgIpc) is 3.80. The van der Waals surface area contributed by atoms with Crippen molar-refractivity contribution in [2.45, 2.75) is 37.6 Å². The Morgan fingerprint density at radius 1 is 0.706 bits per heavy atom. The number of allylic oxidation sites excluding steroid dienone is 2. The molecule has 0 saturated carbocycles. The topological polar surface area (TPSA) is 31.6 Å². The molecule has 3 aliphatic rings. The second-order valence-corrected chi connectivity index (χ2v) is 13.5. The SMILES string of the molecule is C=COc1ccc2c(c1)N(c1c#cc3c(c1)c1cc(-n4c5c(c6ccc(OC=C)cc64)C=CCC5)ccc1n3-c1ccccc1)C1C=CCCC21. The van der Waals surface area contributed by atoms with Gasteiger partial charge in [0.25, 0.3) is 0 Å². The Kier molecular flexibility index (Phi) is 6.72. The van der Waals surface area contributed by atoms with E-state index in [2.05, 4.69) is 149 Å². The van der Waals surface area contributed by atoms with Gasteiger partial charge >= 0.3 is 0 Å². The molecule has 2 aromatic heterocycles. The van der Waals surface area contributed by atoms with Crippen LogP contribution >= 0.6 is 0 Å². The number of para-hydroxylation sites is 1.